The zero-order valence-corrected chi connectivity index (χ0v) is 19.4. The molecule has 0 bridgehead atoms. The first-order valence-electron chi connectivity index (χ1n) is 11.5. The van der Waals surface area contributed by atoms with E-state index in [2.05, 4.69) is 13.0 Å². The predicted octanol–water partition coefficient (Wildman–Crippen LogP) is 4.62. The van der Waals surface area contributed by atoms with Crippen molar-refractivity contribution in [2.75, 3.05) is 32.8 Å². The molecule has 172 valence electrons. The number of rotatable bonds is 12. The summed E-state index contributed by atoms with van der Waals surface area (Å²) in [6, 6.07) is 14.0. The summed E-state index contributed by atoms with van der Waals surface area (Å²) in [6.07, 6.45) is 1.98. The lowest BCUT2D eigenvalue weighted by Crippen LogP contribution is -2.35. The van der Waals surface area contributed by atoms with Gasteiger partial charge in [-0.1, -0.05) is 30.3 Å². The molecule has 1 fully saturated rings. The Balaban J connectivity index is 1.45. The van der Waals surface area contributed by atoms with Crippen LogP contribution in [0.1, 0.15) is 43.4 Å². The fourth-order valence-electron chi connectivity index (χ4n) is 3.95. The first-order chi connectivity index (χ1) is 15.5. The van der Waals surface area contributed by atoms with Gasteiger partial charge >= 0.3 is 6.03 Å². The van der Waals surface area contributed by atoms with Crippen LogP contribution in [-0.4, -0.2) is 54.5 Å². The Morgan fingerprint density at radius 1 is 0.969 bits per heavy atom. The number of nitrogens with zero attached hydrogens (tertiary/aromatic N) is 2. The normalized spacial score (nSPS) is 13.5. The summed E-state index contributed by atoms with van der Waals surface area (Å²) in [4.78, 5) is 28.7. The predicted molar refractivity (Wildman–Crippen MR) is 125 cm³/mol. The van der Waals surface area contributed by atoms with Gasteiger partial charge in [0.15, 0.2) is 17.3 Å². The molecule has 2 amide bonds. The van der Waals surface area contributed by atoms with E-state index in [1.807, 2.05) is 55.1 Å². The van der Waals surface area contributed by atoms with Crippen LogP contribution in [0.25, 0.3) is 0 Å². The topological polar surface area (TPSA) is 59.1 Å². The summed E-state index contributed by atoms with van der Waals surface area (Å²) in [6.45, 7) is 9.16. The van der Waals surface area contributed by atoms with Gasteiger partial charge in [-0.05, 0) is 62.4 Å². The smallest absolute Gasteiger partial charge is 0.320 e. The van der Waals surface area contributed by atoms with Crippen LogP contribution < -0.4 is 9.47 Å². The van der Waals surface area contributed by atoms with Gasteiger partial charge in [0.05, 0.1) is 19.8 Å². The maximum absolute atomic E-state index is 12.7. The van der Waals surface area contributed by atoms with E-state index in [4.69, 9.17) is 9.47 Å². The molecule has 1 aliphatic rings. The van der Waals surface area contributed by atoms with Crippen molar-refractivity contribution in [3.05, 3.63) is 59.2 Å². The molecule has 6 nitrogen and oxygen atoms in total. The summed E-state index contributed by atoms with van der Waals surface area (Å²) >= 11 is 0. The largest absolute Gasteiger partial charge is 0.490 e. The number of hydrogen-bond donors (Lipinski definition) is 0. The standard InChI is InChI=1S/C26H34N2O4/c1-4-31-24-14-13-21(17-25(24)32-5-2)10-8-12-23(29)19-28-16-15-27(26(28)30)18-22-11-7-6-9-20(22)3/h6-7,9,11,13-14,17H,4-5,8,10,12,15-16,18-19H2,1-3H3. The van der Waals surface area contributed by atoms with Crippen molar-refractivity contribution >= 4 is 11.8 Å². The molecule has 0 atom stereocenters. The molecule has 1 heterocycles. The van der Waals surface area contributed by atoms with Crippen molar-refractivity contribution in [1.82, 2.24) is 9.80 Å². The fourth-order valence-corrected chi connectivity index (χ4v) is 3.95. The number of carbonyl (C=O) groups is 2. The van der Waals surface area contributed by atoms with E-state index in [1.165, 1.54) is 5.56 Å². The van der Waals surface area contributed by atoms with Crippen LogP contribution >= 0.6 is 0 Å². The number of ketones is 1. The van der Waals surface area contributed by atoms with Gasteiger partial charge in [-0.15, -0.1) is 0 Å². The minimum atomic E-state index is -0.0468. The Hall–Kier alpha value is -3.02. The lowest BCUT2D eigenvalue weighted by atomic mass is 10.1. The second-order valence-corrected chi connectivity index (χ2v) is 8.09. The molecule has 2 aromatic carbocycles. The molecule has 2 aromatic rings. The molecule has 3 rings (SSSR count). The van der Waals surface area contributed by atoms with Gasteiger partial charge < -0.3 is 19.3 Å². The van der Waals surface area contributed by atoms with Crippen molar-refractivity contribution < 1.29 is 19.1 Å². The van der Waals surface area contributed by atoms with E-state index >= 15 is 0 Å². The van der Waals surface area contributed by atoms with Gasteiger partial charge in [-0.25, -0.2) is 4.79 Å². The average molecular weight is 439 g/mol. The summed E-state index contributed by atoms with van der Waals surface area (Å²) in [5, 5.41) is 0. The number of benzene rings is 2. The van der Waals surface area contributed by atoms with Crippen molar-refractivity contribution in [2.24, 2.45) is 0 Å². The Morgan fingerprint density at radius 2 is 1.69 bits per heavy atom. The monoisotopic (exact) mass is 438 g/mol. The van der Waals surface area contributed by atoms with E-state index < -0.39 is 0 Å². The Labute approximate surface area is 191 Å². The maximum Gasteiger partial charge on any atom is 0.320 e. The highest BCUT2D eigenvalue weighted by Gasteiger charge is 2.29. The summed E-state index contributed by atoms with van der Waals surface area (Å²) < 4.78 is 11.3. The fraction of sp³-hybridized carbons (Fsp3) is 0.462. The number of ether oxygens (including phenoxy) is 2. The highest BCUT2D eigenvalue weighted by Crippen LogP contribution is 2.29. The molecule has 1 aliphatic heterocycles. The lowest BCUT2D eigenvalue weighted by Gasteiger charge is -2.19. The van der Waals surface area contributed by atoms with Crippen molar-refractivity contribution in [3.63, 3.8) is 0 Å². The minimum absolute atomic E-state index is 0.0468. The third kappa shape index (κ3) is 6.25. The van der Waals surface area contributed by atoms with Crippen LogP contribution in [0, 0.1) is 6.92 Å². The summed E-state index contributed by atoms with van der Waals surface area (Å²) in [5.74, 6) is 1.60. The zero-order valence-electron chi connectivity index (χ0n) is 19.4. The first kappa shape index (κ1) is 23.6. The molecule has 32 heavy (non-hydrogen) atoms. The first-order valence-corrected chi connectivity index (χ1v) is 11.5. The van der Waals surface area contributed by atoms with Crippen LogP contribution in [0.4, 0.5) is 4.79 Å². The summed E-state index contributed by atoms with van der Waals surface area (Å²) in [5.41, 5.74) is 3.44. The average Bonchev–Trinajstić information content (AvgIpc) is 3.11. The second kappa shape index (κ2) is 11.6. The molecule has 0 aliphatic carbocycles. The van der Waals surface area contributed by atoms with Crippen LogP contribution in [0.15, 0.2) is 42.5 Å². The third-order valence-electron chi connectivity index (χ3n) is 5.70. The highest BCUT2D eigenvalue weighted by molar-refractivity contribution is 5.86. The van der Waals surface area contributed by atoms with Crippen molar-refractivity contribution in [1.29, 1.82) is 0 Å². The Kier molecular flexibility index (Phi) is 8.54. The second-order valence-electron chi connectivity index (χ2n) is 8.09. The van der Waals surface area contributed by atoms with E-state index in [0.717, 1.165) is 35.5 Å². The molecule has 0 N–H and O–H groups in total. The molecule has 0 aromatic heterocycles. The molecule has 1 saturated heterocycles. The van der Waals surface area contributed by atoms with Crippen LogP contribution in [0.5, 0.6) is 11.5 Å². The highest BCUT2D eigenvalue weighted by atomic mass is 16.5. The number of carbonyl (C=O) groups excluding carboxylic acids is 2. The number of aryl methyl sites for hydroxylation is 2. The van der Waals surface area contributed by atoms with Crippen molar-refractivity contribution in [2.45, 2.75) is 46.6 Å². The van der Waals surface area contributed by atoms with E-state index in [0.29, 0.717) is 39.3 Å². The Morgan fingerprint density at radius 3 is 2.44 bits per heavy atom. The van der Waals surface area contributed by atoms with Crippen LogP contribution in [0.2, 0.25) is 0 Å². The van der Waals surface area contributed by atoms with Gasteiger partial charge in [-0.2, -0.15) is 0 Å². The van der Waals surface area contributed by atoms with Crippen LogP contribution in [-0.2, 0) is 17.8 Å². The molecule has 0 unspecified atom stereocenters. The van der Waals surface area contributed by atoms with E-state index in [1.54, 1.807) is 4.90 Å². The SMILES string of the molecule is CCOc1ccc(CCCC(=O)CN2CCN(Cc3ccccc3C)C2=O)cc1OCC. The third-order valence-corrected chi connectivity index (χ3v) is 5.70. The van der Waals surface area contributed by atoms with Crippen molar-refractivity contribution in [3.8, 4) is 11.5 Å². The lowest BCUT2D eigenvalue weighted by molar-refractivity contribution is -0.119. The number of Topliss-reactive ketones (excluding diaryl/α,β-unsaturated/α-hetero) is 1. The Bertz CT molecular complexity index is 928. The summed E-state index contributed by atoms with van der Waals surface area (Å²) in [7, 11) is 0. The molecular formula is C26H34N2O4. The quantitative estimate of drug-likeness (QED) is 0.485. The van der Waals surface area contributed by atoms with Gasteiger partial charge in [0.25, 0.3) is 0 Å². The molecule has 6 heteroatoms. The maximum atomic E-state index is 12.7. The minimum Gasteiger partial charge on any atom is -0.490 e. The number of amides is 2. The van der Waals surface area contributed by atoms with Gasteiger partial charge in [-0.3, -0.25) is 4.79 Å². The number of urea groups is 1. The molecular weight excluding hydrogens is 404 g/mol. The van der Waals surface area contributed by atoms with Gasteiger partial charge in [0.2, 0.25) is 0 Å². The molecule has 0 spiro atoms. The van der Waals surface area contributed by atoms with Crippen LogP contribution in [0.3, 0.4) is 0 Å². The van der Waals surface area contributed by atoms with E-state index in [9.17, 15) is 9.59 Å². The zero-order chi connectivity index (χ0) is 22.9. The van der Waals surface area contributed by atoms with Gasteiger partial charge in [0.1, 0.15) is 0 Å². The molecule has 0 radical (unpaired) electrons. The molecule has 0 saturated carbocycles. The van der Waals surface area contributed by atoms with E-state index in [-0.39, 0.29) is 18.4 Å². The van der Waals surface area contributed by atoms with Gasteiger partial charge in [0, 0.05) is 26.1 Å². The number of hydrogen-bond acceptors (Lipinski definition) is 4.